The molecule has 0 amide bonds. The Kier molecular flexibility index (Phi) is 3.77. The molecule has 1 aliphatic heterocycles. The average molecular weight is 270 g/mol. The number of benzene rings is 1. The van der Waals surface area contributed by atoms with Crippen LogP contribution in [0.25, 0.3) is 0 Å². The topological polar surface area (TPSA) is 72.6 Å². The molecule has 1 aromatic rings. The van der Waals surface area contributed by atoms with Gasteiger partial charge in [0.15, 0.2) is 9.84 Å². The first kappa shape index (κ1) is 13.2. The highest BCUT2D eigenvalue weighted by Gasteiger charge is 2.17. The number of nitrogens with two attached hydrogens (primary N) is 1. The molecule has 0 bridgehead atoms. The first-order valence-corrected chi connectivity index (χ1v) is 7.65. The van der Waals surface area contributed by atoms with Crippen molar-refractivity contribution >= 4 is 21.2 Å². The Morgan fingerprint density at radius 1 is 1.33 bits per heavy atom. The average Bonchev–Trinajstić information content (AvgIpc) is 2.39. The van der Waals surface area contributed by atoms with Crippen molar-refractivity contribution < 1.29 is 13.2 Å². The van der Waals surface area contributed by atoms with E-state index in [-0.39, 0.29) is 10.6 Å². The van der Waals surface area contributed by atoms with Crippen molar-refractivity contribution in [2.24, 2.45) is 0 Å². The summed E-state index contributed by atoms with van der Waals surface area (Å²) in [5.41, 5.74) is 7.12. The predicted molar refractivity (Wildman–Crippen MR) is 71.6 cm³/mol. The molecule has 0 saturated carbocycles. The molecule has 1 fully saturated rings. The predicted octanol–water partition coefficient (Wildman–Crippen LogP) is 0.899. The highest BCUT2D eigenvalue weighted by Crippen LogP contribution is 2.26. The molecule has 2 rings (SSSR count). The maximum atomic E-state index is 11.8. The van der Waals surface area contributed by atoms with Crippen LogP contribution in [-0.2, 0) is 14.6 Å². The van der Waals surface area contributed by atoms with E-state index >= 15 is 0 Å². The molecule has 18 heavy (non-hydrogen) atoms. The minimum atomic E-state index is -3.24. The van der Waals surface area contributed by atoms with Crippen molar-refractivity contribution in [2.75, 3.05) is 42.7 Å². The summed E-state index contributed by atoms with van der Waals surface area (Å²) in [7, 11) is -3.24. The molecule has 5 nitrogen and oxygen atoms in total. The maximum absolute atomic E-state index is 11.8. The summed E-state index contributed by atoms with van der Waals surface area (Å²) in [6.45, 7) is 4.60. The number of nitrogen functional groups attached to an aromatic ring is 1. The summed E-state index contributed by atoms with van der Waals surface area (Å²) in [5.74, 6) is 0.0636. The summed E-state index contributed by atoms with van der Waals surface area (Å²) in [6, 6.07) is 5.14. The van der Waals surface area contributed by atoms with Crippen LogP contribution in [0.5, 0.6) is 0 Å². The number of hydrogen-bond acceptors (Lipinski definition) is 5. The van der Waals surface area contributed by atoms with Gasteiger partial charge in [0.25, 0.3) is 0 Å². The van der Waals surface area contributed by atoms with Crippen LogP contribution < -0.4 is 10.6 Å². The minimum Gasteiger partial charge on any atom is -0.398 e. The van der Waals surface area contributed by atoms with Gasteiger partial charge in [-0.1, -0.05) is 6.92 Å². The normalized spacial score (nSPS) is 16.8. The molecule has 0 atom stereocenters. The Balaban J connectivity index is 2.30. The smallest absolute Gasteiger partial charge is 0.180 e. The summed E-state index contributed by atoms with van der Waals surface area (Å²) in [6.07, 6.45) is 0. The summed E-state index contributed by atoms with van der Waals surface area (Å²) in [5, 5.41) is 0. The zero-order chi connectivity index (χ0) is 13.2. The van der Waals surface area contributed by atoms with Gasteiger partial charge in [0.1, 0.15) is 0 Å². The SMILES string of the molecule is CCS(=O)(=O)c1ccc(N2CCOCC2)cc1N. The van der Waals surface area contributed by atoms with Gasteiger partial charge in [0, 0.05) is 18.8 Å². The second-order valence-electron chi connectivity index (χ2n) is 4.22. The first-order valence-electron chi connectivity index (χ1n) is 5.99. The van der Waals surface area contributed by atoms with E-state index in [0.29, 0.717) is 18.9 Å². The molecule has 1 aliphatic rings. The fraction of sp³-hybridized carbons (Fsp3) is 0.500. The fourth-order valence-corrected chi connectivity index (χ4v) is 3.00. The lowest BCUT2D eigenvalue weighted by Crippen LogP contribution is -2.36. The molecule has 0 spiro atoms. The van der Waals surface area contributed by atoms with E-state index in [9.17, 15) is 8.42 Å². The van der Waals surface area contributed by atoms with E-state index in [2.05, 4.69) is 4.90 Å². The molecule has 0 unspecified atom stereocenters. The fourth-order valence-electron chi connectivity index (χ4n) is 1.99. The number of rotatable bonds is 3. The zero-order valence-corrected chi connectivity index (χ0v) is 11.2. The molecular formula is C12H18N2O3S. The number of nitrogens with zero attached hydrogens (tertiary/aromatic N) is 1. The van der Waals surface area contributed by atoms with Crippen molar-refractivity contribution in [1.82, 2.24) is 0 Å². The first-order chi connectivity index (χ1) is 8.54. The van der Waals surface area contributed by atoms with E-state index in [4.69, 9.17) is 10.5 Å². The van der Waals surface area contributed by atoms with E-state index < -0.39 is 9.84 Å². The molecule has 0 radical (unpaired) electrons. The van der Waals surface area contributed by atoms with Crippen molar-refractivity contribution in [3.8, 4) is 0 Å². The number of ether oxygens (including phenoxy) is 1. The highest BCUT2D eigenvalue weighted by atomic mass is 32.2. The standard InChI is InChI=1S/C12H18N2O3S/c1-2-18(15,16)12-4-3-10(9-11(12)13)14-5-7-17-8-6-14/h3-4,9H,2,5-8,13H2,1H3. The van der Waals surface area contributed by atoms with Gasteiger partial charge in [0.2, 0.25) is 0 Å². The number of morpholine rings is 1. The maximum Gasteiger partial charge on any atom is 0.180 e. The molecular weight excluding hydrogens is 252 g/mol. The molecule has 6 heteroatoms. The highest BCUT2D eigenvalue weighted by molar-refractivity contribution is 7.91. The summed E-state index contributed by atoms with van der Waals surface area (Å²) in [4.78, 5) is 2.37. The van der Waals surface area contributed by atoms with Gasteiger partial charge in [-0.05, 0) is 18.2 Å². The van der Waals surface area contributed by atoms with Gasteiger partial charge in [-0.3, -0.25) is 0 Å². The molecule has 1 aromatic carbocycles. The molecule has 0 aromatic heterocycles. The molecule has 1 saturated heterocycles. The van der Waals surface area contributed by atoms with Crippen molar-refractivity contribution in [1.29, 1.82) is 0 Å². The number of hydrogen-bond donors (Lipinski definition) is 1. The van der Waals surface area contributed by atoms with Crippen LogP contribution in [0.4, 0.5) is 11.4 Å². The summed E-state index contributed by atoms with van der Waals surface area (Å²) < 4.78 is 28.9. The van der Waals surface area contributed by atoms with E-state index in [1.807, 2.05) is 6.07 Å². The number of sulfone groups is 1. The third kappa shape index (κ3) is 2.59. The van der Waals surface area contributed by atoms with Crippen LogP contribution in [0, 0.1) is 0 Å². The molecule has 1 heterocycles. The summed E-state index contributed by atoms with van der Waals surface area (Å²) >= 11 is 0. The van der Waals surface area contributed by atoms with Gasteiger partial charge >= 0.3 is 0 Å². The van der Waals surface area contributed by atoms with E-state index in [0.717, 1.165) is 18.8 Å². The van der Waals surface area contributed by atoms with Crippen LogP contribution in [0.2, 0.25) is 0 Å². The zero-order valence-electron chi connectivity index (χ0n) is 10.4. The van der Waals surface area contributed by atoms with Crippen LogP contribution in [0.1, 0.15) is 6.92 Å². The van der Waals surface area contributed by atoms with E-state index in [1.54, 1.807) is 19.1 Å². The third-order valence-corrected chi connectivity index (χ3v) is 4.89. The van der Waals surface area contributed by atoms with Crippen molar-refractivity contribution in [3.63, 3.8) is 0 Å². The minimum absolute atomic E-state index is 0.0636. The quantitative estimate of drug-likeness (QED) is 0.826. The van der Waals surface area contributed by atoms with Crippen molar-refractivity contribution in [2.45, 2.75) is 11.8 Å². The Morgan fingerprint density at radius 2 is 2.00 bits per heavy atom. The van der Waals surface area contributed by atoms with Crippen LogP contribution in [0.15, 0.2) is 23.1 Å². The van der Waals surface area contributed by atoms with Gasteiger partial charge in [0.05, 0.1) is 29.5 Å². The Hall–Kier alpha value is -1.27. The van der Waals surface area contributed by atoms with Crippen LogP contribution in [0.3, 0.4) is 0 Å². The van der Waals surface area contributed by atoms with E-state index in [1.165, 1.54) is 0 Å². The Morgan fingerprint density at radius 3 is 2.56 bits per heavy atom. The number of anilines is 2. The van der Waals surface area contributed by atoms with Gasteiger partial charge in [-0.2, -0.15) is 0 Å². The lowest BCUT2D eigenvalue weighted by Gasteiger charge is -2.29. The molecule has 2 N–H and O–H groups in total. The lowest BCUT2D eigenvalue weighted by atomic mass is 10.2. The molecule has 0 aliphatic carbocycles. The van der Waals surface area contributed by atoms with Gasteiger partial charge in [-0.15, -0.1) is 0 Å². The largest absolute Gasteiger partial charge is 0.398 e. The Bertz CT molecular complexity index is 522. The van der Waals surface area contributed by atoms with Crippen LogP contribution >= 0.6 is 0 Å². The van der Waals surface area contributed by atoms with Crippen LogP contribution in [-0.4, -0.2) is 40.5 Å². The lowest BCUT2D eigenvalue weighted by molar-refractivity contribution is 0.122. The second kappa shape index (κ2) is 5.16. The molecule has 100 valence electrons. The Labute approximate surface area is 107 Å². The third-order valence-electron chi connectivity index (χ3n) is 3.08. The van der Waals surface area contributed by atoms with Gasteiger partial charge < -0.3 is 15.4 Å². The van der Waals surface area contributed by atoms with Crippen molar-refractivity contribution in [3.05, 3.63) is 18.2 Å². The monoisotopic (exact) mass is 270 g/mol. The van der Waals surface area contributed by atoms with Gasteiger partial charge in [-0.25, -0.2) is 8.42 Å². The second-order valence-corrected chi connectivity index (χ2v) is 6.47.